The smallest absolute Gasteiger partial charge is 0.410 e. The third-order valence-electron chi connectivity index (χ3n) is 5.59. The van der Waals surface area contributed by atoms with E-state index in [1.165, 1.54) is 0 Å². The number of hydrogen-bond acceptors (Lipinski definition) is 4. The van der Waals surface area contributed by atoms with Crippen LogP contribution in [0.15, 0.2) is 30.3 Å². The van der Waals surface area contributed by atoms with Crippen LogP contribution in [-0.4, -0.2) is 35.2 Å². The number of carbonyl (C=O) groups is 2. The summed E-state index contributed by atoms with van der Waals surface area (Å²) in [4.78, 5) is 27.2. The van der Waals surface area contributed by atoms with Gasteiger partial charge in [0.15, 0.2) is 0 Å². The van der Waals surface area contributed by atoms with Crippen LogP contribution in [0.25, 0.3) is 0 Å². The van der Waals surface area contributed by atoms with E-state index in [0.29, 0.717) is 13.0 Å². The predicted molar refractivity (Wildman–Crippen MR) is 93.9 cm³/mol. The Hall–Kier alpha value is -2.04. The van der Waals surface area contributed by atoms with Gasteiger partial charge in [0.25, 0.3) is 0 Å². The van der Waals surface area contributed by atoms with E-state index in [1.807, 2.05) is 49.1 Å². The van der Waals surface area contributed by atoms with Crippen molar-refractivity contribution in [1.82, 2.24) is 4.90 Å². The first-order chi connectivity index (χ1) is 12.1. The van der Waals surface area contributed by atoms with Crippen LogP contribution in [0.4, 0.5) is 4.79 Å². The molecular formula is C20H27NO4. The van der Waals surface area contributed by atoms with E-state index < -0.39 is 5.54 Å². The molecule has 0 N–H and O–H groups in total. The zero-order valence-corrected chi connectivity index (χ0v) is 15.1. The van der Waals surface area contributed by atoms with Crippen molar-refractivity contribution in [2.75, 3.05) is 6.61 Å². The SMILES string of the molecule is CCOC(=O)C1CC(C)N(C(=O)OCc2ccccc2)C12CCCC2. The number of carbonyl (C=O) groups excluding carboxylic acids is 2. The molecule has 136 valence electrons. The first-order valence-corrected chi connectivity index (χ1v) is 9.25. The molecule has 1 saturated heterocycles. The number of rotatable bonds is 4. The number of amides is 1. The minimum Gasteiger partial charge on any atom is -0.466 e. The van der Waals surface area contributed by atoms with Gasteiger partial charge < -0.3 is 9.47 Å². The van der Waals surface area contributed by atoms with Gasteiger partial charge in [-0.05, 0) is 38.7 Å². The molecule has 2 aliphatic rings. The molecule has 0 radical (unpaired) electrons. The molecule has 2 unspecified atom stereocenters. The average molecular weight is 345 g/mol. The summed E-state index contributed by atoms with van der Waals surface area (Å²) in [5.41, 5.74) is 0.532. The Balaban J connectivity index is 1.76. The Bertz CT molecular complexity index is 609. The largest absolute Gasteiger partial charge is 0.466 e. The van der Waals surface area contributed by atoms with Crippen LogP contribution in [0.5, 0.6) is 0 Å². The lowest BCUT2D eigenvalue weighted by molar-refractivity contribution is -0.151. The average Bonchev–Trinajstić information content (AvgIpc) is 3.20. The van der Waals surface area contributed by atoms with Gasteiger partial charge >= 0.3 is 12.1 Å². The summed E-state index contributed by atoms with van der Waals surface area (Å²) in [7, 11) is 0. The molecule has 0 bridgehead atoms. The second-order valence-corrected chi connectivity index (χ2v) is 7.11. The summed E-state index contributed by atoms with van der Waals surface area (Å²) in [6.07, 6.45) is 4.10. The maximum absolute atomic E-state index is 12.9. The lowest BCUT2D eigenvalue weighted by Gasteiger charge is -2.39. The molecule has 1 aromatic rings. The molecule has 1 saturated carbocycles. The van der Waals surface area contributed by atoms with Crippen LogP contribution in [0.2, 0.25) is 0 Å². The Labute approximate surface area is 149 Å². The summed E-state index contributed by atoms with van der Waals surface area (Å²) < 4.78 is 10.9. The van der Waals surface area contributed by atoms with Gasteiger partial charge in [0, 0.05) is 6.04 Å². The second kappa shape index (κ2) is 7.46. The minimum atomic E-state index is -0.431. The van der Waals surface area contributed by atoms with E-state index >= 15 is 0 Å². The molecule has 1 aromatic carbocycles. The fourth-order valence-electron chi connectivity index (χ4n) is 4.56. The topological polar surface area (TPSA) is 55.8 Å². The fraction of sp³-hybridized carbons (Fsp3) is 0.600. The molecule has 2 atom stereocenters. The standard InChI is InChI=1S/C20H27NO4/c1-3-24-18(22)17-13-15(2)21(20(17)11-7-8-12-20)19(23)25-14-16-9-5-4-6-10-16/h4-6,9-10,15,17H,3,7-8,11-14H2,1-2H3. The van der Waals surface area contributed by atoms with Gasteiger partial charge in [-0.1, -0.05) is 43.2 Å². The highest BCUT2D eigenvalue weighted by molar-refractivity contribution is 5.78. The molecule has 1 aliphatic carbocycles. The summed E-state index contributed by atoms with van der Waals surface area (Å²) in [6.45, 7) is 4.45. The number of benzene rings is 1. The minimum absolute atomic E-state index is 0.0178. The van der Waals surface area contributed by atoms with Crippen molar-refractivity contribution in [3.05, 3.63) is 35.9 Å². The van der Waals surface area contributed by atoms with Crippen molar-refractivity contribution in [3.8, 4) is 0 Å². The van der Waals surface area contributed by atoms with Crippen molar-refractivity contribution in [2.24, 2.45) is 5.92 Å². The van der Waals surface area contributed by atoms with E-state index in [1.54, 1.807) is 0 Å². The number of esters is 1. The third-order valence-corrected chi connectivity index (χ3v) is 5.59. The highest BCUT2D eigenvalue weighted by atomic mass is 16.6. The highest BCUT2D eigenvalue weighted by Crippen LogP contribution is 2.50. The van der Waals surface area contributed by atoms with Gasteiger partial charge in [-0.15, -0.1) is 0 Å². The van der Waals surface area contributed by atoms with Crippen LogP contribution in [-0.2, 0) is 20.9 Å². The van der Waals surface area contributed by atoms with E-state index in [0.717, 1.165) is 31.2 Å². The molecule has 25 heavy (non-hydrogen) atoms. The maximum Gasteiger partial charge on any atom is 0.410 e. The number of likely N-dealkylation sites (tertiary alicyclic amines) is 1. The van der Waals surface area contributed by atoms with E-state index in [-0.39, 0.29) is 30.6 Å². The molecule has 1 heterocycles. The van der Waals surface area contributed by atoms with Crippen molar-refractivity contribution >= 4 is 12.1 Å². The molecule has 2 fully saturated rings. The summed E-state index contributed by atoms with van der Waals surface area (Å²) in [5, 5.41) is 0. The summed E-state index contributed by atoms with van der Waals surface area (Å²) >= 11 is 0. The van der Waals surface area contributed by atoms with Gasteiger partial charge in [0.1, 0.15) is 6.61 Å². The van der Waals surface area contributed by atoms with Crippen LogP contribution < -0.4 is 0 Å². The lowest BCUT2D eigenvalue weighted by Crippen LogP contribution is -2.52. The Morgan fingerprint density at radius 2 is 1.84 bits per heavy atom. The molecule has 5 heteroatoms. The first kappa shape index (κ1) is 17.8. The fourth-order valence-corrected chi connectivity index (χ4v) is 4.56. The van der Waals surface area contributed by atoms with Crippen LogP contribution in [0.3, 0.4) is 0 Å². The quantitative estimate of drug-likeness (QED) is 0.777. The molecule has 0 aromatic heterocycles. The van der Waals surface area contributed by atoms with Gasteiger partial charge in [-0.2, -0.15) is 0 Å². The zero-order chi connectivity index (χ0) is 17.9. The van der Waals surface area contributed by atoms with Crippen molar-refractivity contribution in [3.63, 3.8) is 0 Å². The zero-order valence-electron chi connectivity index (χ0n) is 15.1. The number of ether oxygens (including phenoxy) is 2. The summed E-state index contributed by atoms with van der Waals surface area (Å²) in [6, 6.07) is 9.65. The number of nitrogens with zero attached hydrogens (tertiary/aromatic N) is 1. The first-order valence-electron chi connectivity index (χ1n) is 9.25. The van der Waals surface area contributed by atoms with Crippen LogP contribution in [0, 0.1) is 5.92 Å². The van der Waals surface area contributed by atoms with E-state index in [9.17, 15) is 9.59 Å². The highest BCUT2D eigenvalue weighted by Gasteiger charge is 2.58. The summed E-state index contributed by atoms with van der Waals surface area (Å²) in [5.74, 6) is -0.413. The molecule has 3 rings (SSSR count). The predicted octanol–water partition coefficient (Wildman–Crippen LogP) is 3.91. The van der Waals surface area contributed by atoms with Gasteiger partial charge in [0.05, 0.1) is 18.1 Å². The van der Waals surface area contributed by atoms with Crippen molar-refractivity contribution in [1.29, 1.82) is 0 Å². The van der Waals surface area contributed by atoms with Gasteiger partial charge in [0.2, 0.25) is 0 Å². The van der Waals surface area contributed by atoms with Crippen molar-refractivity contribution < 1.29 is 19.1 Å². The molecular weight excluding hydrogens is 318 g/mol. The lowest BCUT2D eigenvalue weighted by atomic mass is 9.83. The van der Waals surface area contributed by atoms with Gasteiger partial charge in [-0.25, -0.2) is 4.79 Å². The normalized spacial score (nSPS) is 24.5. The number of hydrogen-bond donors (Lipinski definition) is 0. The Morgan fingerprint density at radius 1 is 1.16 bits per heavy atom. The molecule has 1 amide bonds. The van der Waals surface area contributed by atoms with Crippen molar-refractivity contribution in [2.45, 2.75) is 64.1 Å². The Morgan fingerprint density at radius 3 is 2.48 bits per heavy atom. The monoisotopic (exact) mass is 345 g/mol. The van der Waals surface area contributed by atoms with E-state index in [2.05, 4.69) is 0 Å². The Kier molecular flexibility index (Phi) is 5.30. The van der Waals surface area contributed by atoms with E-state index in [4.69, 9.17) is 9.47 Å². The molecule has 1 aliphatic heterocycles. The molecule has 5 nitrogen and oxygen atoms in total. The van der Waals surface area contributed by atoms with Crippen LogP contribution >= 0.6 is 0 Å². The maximum atomic E-state index is 12.9. The van der Waals surface area contributed by atoms with Gasteiger partial charge in [-0.3, -0.25) is 9.69 Å². The molecule has 1 spiro atoms. The van der Waals surface area contributed by atoms with Crippen LogP contribution in [0.1, 0.15) is 51.5 Å². The third kappa shape index (κ3) is 3.37. The second-order valence-electron chi connectivity index (χ2n) is 7.11.